The Bertz CT molecular complexity index is 1630. The van der Waals surface area contributed by atoms with Crippen molar-refractivity contribution < 1.29 is 9.67 Å². The molecule has 1 aromatic carbocycles. The summed E-state index contributed by atoms with van der Waals surface area (Å²) in [4.78, 5) is 22.9. The van der Waals surface area contributed by atoms with E-state index < -0.39 is 0 Å². The number of nitrogens with zero attached hydrogens (tertiary/aromatic N) is 4. The molecule has 0 fully saturated rings. The Morgan fingerprint density at radius 2 is 1.88 bits per heavy atom. The summed E-state index contributed by atoms with van der Waals surface area (Å²) in [5, 5.41) is 11.8. The number of benzene rings is 1. The number of pyridine rings is 2. The van der Waals surface area contributed by atoms with Gasteiger partial charge >= 0.3 is 5.56 Å². The fourth-order valence-electron chi connectivity index (χ4n) is 4.06. The van der Waals surface area contributed by atoms with Crippen LogP contribution in [0, 0.1) is 13.8 Å². The van der Waals surface area contributed by atoms with Gasteiger partial charge in [-0.25, -0.2) is 14.8 Å². The average molecular weight is 510 g/mol. The molecule has 0 atom stereocenters. The number of hydrogen-bond donors (Lipinski definition) is 1. The summed E-state index contributed by atoms with van der Waals surface area (Å²) in [6, 6.07) is 14.9. The quantitative estimate of drug-likeness (QED) is 0.258. The smallest absolute Gasteiger partial charge is 0.354 e. The van der Waals surface area contributed by atoms with Gasteiger partial charge in [-0.1, -0.05) is 41.4 Å². The van der Waals surface area contributed by atoms with Crippen molar-refractivity contribution in [3.05, 3.63) is 97.0 Å². The first-order valence-electron chi connectivity index (χ1n) is 10.4. The number of aromatic hydroxyl groups is 1. The zero-order chi connectivity index (χ0) is 24.0. The molecule has 0 radical (unpaired) electrons. The third-order valence-electron chi connectivity index (χ3n) is 5.62. The lowest BCUT2D eigenvalue weighted by Gasteiger charge is -2.12. The maximum atomic E-state index is 13.6. The highest BCUT2D eigenvalue weighted by atomic mass is 35.5. The number of fused-ring (bicyclic) bond motifs is 1. The van der Waals surface area contributed by atoms with Gasteiger partial charge in [0.25, 0.3) is 11.5 Å². The fraction of sp³-hybridized carbons (Fsp3) is 0.120. The van der Waals surface area contributed by atoms with Crippen LogP contribution in [-0.4, -0.2) is 19.5 Å². The summed E-state index contributed by atoms with van der Waals surface area (Å²) in [7, 11) is 0. The standard InChI is InChI=1S/C25H18Cl2N4O2S/c1-14-5-4-10-30-22(14)31(13-18-12-28-25(27)34-18)24(33)20(23(30)32)17-7-3-6-16(11-17)19-9-8-15(2)29-21(19)26/h3-12H,13H2,1-2H3/p+1. The Morgan fingerprint density at radius 1 is 1.09 bits per heavy atom. The van der Waals surface area contributed by atoms with Gasteiger partial charge in [0.15, 0.2) is 10.0 Å². The summed E-state index contributed by atoms with van der Waals surface area (Å²) in [6.45, 7) is 4.08. The number of hydrogen-bond acceptors (Lipinski definition) is 5. The van der Waals surface area contributed by atoms with Crippen molar-refractivity contribution >= 4 is 40.2 Å². The van der Waals surface area contributed by atoms with Crippen molar-refractivity contribution in [2.75, 3.05) is 0 Å². The van der Waals surface area contributed by atoms with Gasteiger partial charge in [-0.05, 0) is 55.3 Å². The summed E-state index contributed by atoms with van der Waals surface area (Å²) < 4.78 is 3.68. The molecule has 0 spiro atoms. The molecular formula is C25H19Cl2N4O2S+. The normalized spacial score (nSPS) is 11.3. The molecule has 1 N–H and O–H groups in total. The number of aryl methyl sites for hydroxylation is 2. The monoisotopic (exact) mass is 509 g/mol. The van der Waals surface area contributed by atoms with E-state index in [0.717, 1.165) is 27.3 Å². The molecule has 0 aliphatic rings. The van der Waals surface area contributed by atoms with Gasteiger partial charge in [0.2, 0.25) is 0 Å². The zero-order valence-electron chi connectivity index (χ0n) is 18.3. The van der Waals surface area contributed by atoms with Crippen molar-refractivity contribution in [2.45, 2.75) is 20.4 Å². The van der Waals surface area contributed by atoms with Gasteiger partial charge in [-0.15, -0.1) is 11.3 Å². The Hall–Kier alpha value is -3.26. The van der Waals surface area contributed by atoms with Crippen molar-refractivity contribution in [3.63, 3.8) is 0 Å². The van der Waals surface area contributed by atoms with Crippen LogP contribution in [0.15, 0.2) is 65.7 Å². The van der Waals surface area contributed by atoms with Crippen LogP contribution in [0.3, 0.4) is 0 Å². The highest BCUT2D eigenvalue weighted by Crippen LogP contribution is 2.32. The molecule has 0 bridgehead atoms. The van der Waals surface area contributed by atoms with E-state index in [1.165, 1.54) is 11.3 Å². The van der Waals surface area contributed by atoms with E-state index in [0.29, 0.717) is 27.4 Å². The van der Waals surface area contributed by atoms with E-state index in [9.17, 15) is 9.90 Å². The first kappa shape index (κ1) is 22.5. The van der Waals surface area contributed by atoms with E-state index in [-0.39, 0.29) is 17.0 Å². The van der Waals surface area contributed by atoms with Crippen LogP contribution in [0.25, 0.3) is 27.9 Å². The summed E-state index contributed by atoms with van der Waals surface area (Å²) >= 11 is 13.8. The summed E-state index contributed by atoms with van der Waals surface area (Å²) in [5.41, 5.74) is 4.25. The molecule has 4 heterocycles. The maximum absolute atomic E-state index is 13.6. The number of thiazole rings is 1. The van der Waals surface area contributed by atoms with Crippen LogP contribution >= 0.6 is 34.5 Å². The number of rotatable bonds is 4. The average Bonchev–Trinajstić information content (AvgIpc) is 3.22. The second-order valence-corrected chi connectivity index (χ2v) is 9.98. The molecule has 4 aromatic heterocycles. The van der Waals surface area contributed by atoms with Crippen LogP contribution in [-0.2, 0) is 6.54 Å². The first-order chi connectivity index (χ1) is 16.3. The summed E-state index contributed by atoms with van der Waals surface area (Å²) in [5.74, 6) is -0.130. The van der Waals surface area contributed by atoms with Crippen LogP contribution in [0.5, 0.6) is 5.88 Å². The van der Waals surface area contributed by atoms with Crippen LogP contribution in [0.2, 0.25) is 9.62 Å². The molecule has 5 aromatic rings. The third-order valence-corrected chi connectivity index (χ3v) is 7.01. The van der Waals surface area contributed by atoms with Gasteiger partial charge in [0, 0.05) is 23.0 Å². The van der Waals surface area contributed by atoms with E-state index in [1.807, 2.05) is 56.3 Å². The number of halogens is 2. The Balaban J connectivity index is 1.76. The maximum Gasteiger partial charge on any atom is 0.354 e. The van der Waals surface area contributed by atoms with E-state index in [2.05, 4.69) is 9.97 Å². The van der Waals surface area contributed by atoms with Crippen molar-refractivity contribution in [3.8, 4) is 28.1 Å². The van der Waals surface area contributed by atoms with E-state index in [1.54, 1.807) is 27.4 Å². The molecule has 9 heteroatoms. The molecule has 0 saturated carbocycles. The highest BCUT2D eigenvalue weighted by molar-refractivity contribution is 7.15. The van der Waals surface area contributed by atoms with Crippen LogP contribution in [0.1, 0.15) is 16.1 Å². The summed E-state index contributed by atoms with van der Waals surface area (Å²) in [6.07, 6.45) is 3.38. The molecule has 170 valence electrons. The minimum absolute atomic E-state index is 0.130. The molecule has 6 nitrogen and oxygen atoms in total. The second kappa shape index (κ2) is 8.83. The van der Waals surface area contributed by atoms with Crippen molar-refractivity contribution in [1.29, 1.82) is 0 Å². The molecule has 0 aliphatic heterocycles. The molecule has 0 unspecified atom stereocenters. The third kappa shape index (κ3) is 3.96. The fourth-order valence-corrected chi connectivity index (χ4v) is 5.34. The van der Waals surface area contributed by atoms with Crippen LogP contribution in [0.4, 0.5) is 0 Å². The number of aromatic nitrogens is 4. The van der Waals surface area contributed by atoms with Gasteiger partial charge in [0.05, 0.1) is 11.1 Å². The molecule has 34 heavy (non-hydrogen) atoms. The lowest BCUT2D eigenvalue weighted by atomic mass is 10.0. The molecule has 0 amide bonds. The minimum Gasteiger partial charge on any atom is -0.477 e. The van der Waals surface area contributed by atoms with Gasteiger partial charge in [-0.3, -0.25) is 0 Å². The minimum atomic E-state index is -0.319. The van der Waals surface area contributed by atoms with Gasteiger partial charge in [0.1, 0.15) is 11.7 Å². The zero-order valence-corrected chi connectivity index (χ0v) is 20.6. The highest BCUT2D eigenvalue weighted by Gasteiger charge is 2.27. The molecule has 0 aliphatic carbocycles. The predicted octanol–water partition coefficient (Wildman–Crippen LogP) is 5.45. The molecular weight excluding hydrogens is 491 g/mol. The van der Waals surface area contributed by atoms with Crippen molar-refractivity contribution in [2.24, 2.45) is 0 Å². The van der Waals surface area contributed by atoms with E-state index in [4.69, 9.17) is 23.2 Å². The van der Waals surface area contributed by atoms with Gasteiger partial charge < -0.3 is 5.11 Å². The van der Waals surface area contributed by atoms with Gasteiger partial charge in [-0.2, -0.15) is 8.97 Å². The lowest BCUT2D eigenvalue weighted by molar-refractivity contribution is -0.671. The topological polar surface area (TPSA) is 71.4 Å². The Morgan fingerprint density at radius 3 is 2.62 bits per heavy atom. The SMILES string of the molecule is Cc1ccc(-c2cccc(-c3c(O)[n+](Cc4cnc(Cl)s4)c4c(C)cccn4c3=O)c2)c(Cl)n1. The molecule has 5 rings (SSSR count). The lowest BCUT2D eigenvalue weighted by Crippen LogP contribution is -2.41. The van der Waals surface area contributed by atoms with Crippen LogP contribution < -0.4 is 10.1 Å². The predicted molar refractivity (Wildman–Crippen MR) is 135 cm³/mol. The largest absolute Gasteiger partial charge is 0.477 e. The Labute approximate surface area is 209 Å². The second-order valence-electron chi connectivity index (χ2n) is 7.93. The Kier molecular flexibility index (Phi) is 5.85. The molecule has 0 saturated heterocycles. The first-order valence-corrected chi connectivity index (χ1v) is 12.0. The van der Waals surface area contributed by atoms with E-state index >= 15 is 0 Å². The van der Waals surface area contributed by atoms with Crippen molar-refractivity contribution in [1.82, 2.24) is 14.4 Å².